The molecule has 0 fully saturated rings. The Morgan fingerprint density at radius 2 is 1.96 bits per heavy atom. The van der Waals surface area contributed by atoms with Gasteiger partial charge in [-0.2, -0.15) is 0 Å². The van der Waals surface area contributed by atoms with Gasteiger partial charge in [0, 0.05) is 12.6 Å². The third-order valence-corrected chi connectivity index (χ3v) is 4.45. The summed E-state index contributed by atoms with van der Waals surface area (Å²) in [7, 11) is 1.62. The summed E-state index contributed by atoms with van der Waals surface area (Å²) in [4.78, 5) is 18.9. The molecule has 5 nitrogen and oxygen atoms in total. The predicted molar refractivity (Wildman–Crippen MR) is 98.4 cm³/mol. The molecule has 0 aliphatic rings. The summed E-state index contributed by atoms with van der Waals surface area (Å²) >= 11 is 0. The van der Waals surface area contributed by atoms with Gasteiger partial charge < -0.3 is 15.4 Å². The van der Waals surface area contributed by atoms with E-state index in [0.29, 0.717) is 23.6 Å². The van der Waals surface area contributed by atoms with E-state index in [1.165, 1.54) is 0 Å². The molecule has 2 aromatic carbocycles. The number of aromatic nitrogens is 2. The number of aliphatic hydroxyl groups is 1. The summed E-state index contributed by atoms with van der Waals surface area (Å²) in [5, 5.41) is 16.0. The Bertz CT molecular complexity index is 887. The number of imidazole rings is 1. The summed E-state index contributed by atoms with van der Waals surface area (Å²) in [6.45, 7) is 4.16. The van der Waals surface area contributed by atoms with Crippen LogP contribution in [0.2, 0.25) is 0 Å². The highest BCUT2D eigenvalue weighted by Gasteiger charge is 2.34. The van der Waals surface area contributed by atoms with Crippen LogP contribution in [0.4, 0.5) is 0 Å². The van der Waals surface area contributed by atoms with Gasteiger partial charge in [0.05, 0.1) is 18.2 Å². The van der Waals surface area contributed by atoms with Gasteiger partial charge in [-0.1, -0.05) is 32.0 Å². The highest BCUT2D eigenvalue weighted by Crippen LogP contribution is 2.36. The number of nitrogens with one attached hydrogen (secondary N) is 2. The van der Waals surface area contributed by atoms with E-state index >= 15 is 0 Å². The lowest BCUT2D eigenvalue weighted by atomic mass is 9.82. The van der Waals surface area contributed by atoms with Crippen LogP contribution in [-0.2, 0) is 5.60 Å². The van der Waals surface area contributed by atoms with Crippen LogP contribution in [0.25, 0.3) is 10.8 Å². The van der Waals surface area contributed by atoms with Crippen LogP contribution in [0.15, 0.2) is 48.9 Å². The summed E-state index contributed by atoms with van der Waals surface area (Å²) < 4.78 is 0. The molecule has 0 saturated carbocycles. The van der Waals surface area contributed by atoms with E-state index in [1.54, 1.807) is 25.6 Å². The molecule has 0 spiro atoms. The van der Waals surface area contributed by atoms with E-state index in [9.17, 15) is 9.90 Å². The minimum absolute atomic E-state index is 0.111. The second kappa shape index (κ2) is 6.69. The van der Waals surface area contributed by atoms with Crippen molar-refractivity contribution >= 4 is 16.7 Å². The van der Waals surface area contributed by atoms with Gasteiger partial charge in [-0.3, -0.25) is 4.79 Å². The minimum Gasteiger partial charge on any atom is -0.379 e. The lowest BCUT2D eigenvalue weighted by Gasteiger charge is -2.29. The first-order valence-electron chi connectivity index (χ1n) is 8.41. The van der Waals surface area contributed by atoms with Gasteiger partial charge in [-0.05, 0) is 46.9 Å². The number of hydrogen-bond donors (Lipinski definition) is 3. The Morgan fingerprint density at radius 3 is 2.60 bits per heavy atom. The largest absolute Gasteiger partial charge is 0.379 e. The maximum atomic E-state index is 11.8. The number of carbonyl (C=O) groups excluding carboxylic acids is 1. The molecule has 3 aromatic rings. The number of amides is 1. The zero-order chi connectivity index (χ0) is 18.0. The maximum Gasteiger partial charge on any atom is 0.251 e. The molecule has 1 amide bonds. The molecule has 3 rings (SSSR count). The second-order valence-corrected chi connectivity index (χ2v) is 6.78. The average molecular weight is 337 g/mol. The number of nitrogens with zero attached hydrogens (tertiary/aromatic N) is 1. The number of aromatic amines is 1. The van der Waals surface area contributed by atoms with Crippen molar-refractivity contribution < 1.29 is 9.90 Å². The Hall–Kier alpha value is -2.66. The van der Waals surface area contributed by atoms with E-state index in [0.717, 1.165) is 16.3 Å². The van der Waals surface area contributed by atoms with Crippen LogP contribution in [0.5, 0.6) is 0 Å². The molecule has 0 aliphatic heterocycles. The highest BCUT2D eigenvalue weighted by molar-refractivity contribution is 5.98. The Morgan fingerprint density at radius 1 is 1.24 bits per heavy atom. The van der Waals surface area contributed by atoms with Crippen molar-refractivity contribution in [1.29, 1.82) is 0 Å². The monoisotopic (exact) mass is 337 g/mol. The molecule has 0 bridgehead atoms. The molecule has 25 heavy (non-hydrogen) atoms. The van der Waals surface area contributed by atoms with Gasteiger partial charge in [0.1, 0.15) is 5.60 Å². The fraction of sp³-hybridized carbons (Fsp3) is 0.300. The van der Waals surface area contributed by atoms with Crippen LogP contribution in [0.1, 0.15) is 41.9 Å². The van der Waals surface area contributed by atoms with Gasteiger partial charge in [-0.15, -0.1) is 0 Å². The van der Waals surface area contributed by atoms with E-state index < -0.39 is 5.60 Å². The van der Waals surface area contributed by atoms with Gasteiger partial charge in [0.25, 0.3) is 5.91 Å². The molecule has 1 unspecified atom stereocenters. The van der Waals surface area contributed by atoms with Crippen molar-refractivity contribution in [3.63, 3.8) is 0 Å². The topological polar surface area (TPSA) is 78.0 Å². The number of rotatable bonds is 5. The smallest absolute Gasteiger partial charge is 0.251 e. The molecule has 0 saturated heterocycles. The summed E-state index contributed by atoms with van der Waals surface area (Å²) in [6, 6.07) is 11.4. The van der Waals surface area contributed by atoms with Crippen molar-refractivity contribution in [1.82, 2.24) is 15.3 Å². The van der Waals surface area contributed by atoms with Gasteiger partial charge in [0.2, 0.25) is 0 Å². The molecule has 1 heterocycles. The number of carbonyl (C=O) groups is 1. The molecule has 0 aliphatic carbocycles. The predicted octanol–water partition coefficient (Wildman–Crippen LogP) is 3.20. The van der Waals surface area contributed by atoms with Crippen LogP contribution in [-0.4, -0.2) is 28.0 Å². The number of H-pyrrole nitrogens is 1. The molecule has 130 valence electrons. The molecular formula is C20H23N3O2. The van der Waals surface area contributed by atoms with E-state index in [1.807, 2.05) is 30.3 Å². The first-order valence-corrected chi connectivity index (χ1v) is 8.41. The van der Waals surface area contributed by atoms with Crippen LogP contribution in [0.3, 0.4) is 0 Å². The molecule has 1 atom stereocenters. The third-order valence-electron chi connectivity index (χ3n) is 4.45. The van der Waals surface area contributed by atoms with Gasteiger partial charge in [0.15, 0.2) is 0 Å². The summed E-state index contributed by atoms with van der Waals surface area (Å²) in [5.74, 6) is 0.194. The Labute approximate surface area is 147 Å². The van der Waals surface area contributed by atoms with E-state index in [2.05, 4.69) is 29.1 Å². The van der Waals surface area contributed by atoms with E-state index in [4.69, 9.17) is 0 Å². The van der Waals surface area contributed by atoms with Crippen LogP contribution in [0, 0.1) is 5.92 Å². The standard InChI is InChI=1S/C20H23N3O2/c1-13(2)10-20(25,18-11-22-12-23-18)17-7-6-14-8-16(19(24)21-3)5-4-15(14)9-17/h4-9,11-13,25H,10H2,1-3H3,(H,21,24)(H,22,23). The van der Waals surface area contributed by atoms with Crippen molar-refractivity contribution in [3.05, 3.63) is 65.7 Å². The first kappa shape index (κ1) is 17.2. The Balaban J connectivity index is 2.08. The molecule has 5 heteroatoms. The molecule has 0 radical (unpaired) electrons. The summed E-state index contributed by atoms with van der Waals surface area (Å²) in [6.07, 6.45) is 3.83. The molecular weight excluding hydrogens is 314 g/mol. The van der Waals surface area contributed by atoms with Crippen molar-refractivity contribution in [3.8, 4) is 0 Å². The second-order valence-electron chi connectivity index (χ2n) is 6.78. The first-order chi connectivity index (χ1) is 11.9. The van der Waals surface area contributed by atoms with E-state index in [-0.39, 0.29) is 5.91 Å². The number of fused-ring (bicyclic) bond motifs is 1. The normalized spacial score (nSPS) is 13.8. The average Bonchev–Trinajstić information content (AvgIpc) is 3.14. The zero-order valence-corrected chi connectivity index (χ0v) is 14.7. The molecule has 1 aromatic heterocycles. The minimum atomic E-state index is -1.13. The Kier molecular flexibility index (Phi) is 4.59. The van der Waals surface area contributed by atoms with Crippen molar-refractivity contribution in [2.75, 3.05) is 7.05 Å². The van der Waals surface area contributed by atoms with Gasteiger partial charge in [-0.25, -0.2) is 4.98 Å². The number of benzene rings is 2. The fourth-order valence-electron chi connectivity index (χ4n) is 3.24. The zero-order valence-electron chi connectivity index (χ0n) is 14.7. The quantitative estimate of drug-likeness (QED) is 0.669. The lowest BCUT2D eigenvalue weighted by Crippen LogP contribution is -2.29. The number of hydrogen-bond acceptors (Lipinski definition) is 3. The fourth-order valence-corrected chi connectivity index (χ4v) is 3.24. The van der Waals surface area contributed by atoms with Crippen molar-refractivity contribution in [2.45, 2.75) is 25.9 Å². The van der Waals surface area contributed by atoms with Crippen LogP contribution >= 0.6 is 0 Å². The maximum absolute atomic E-state index is 11.8. The third kappa shape index (κ3) is 3.28. The van der Waals surface area contributed by atoms with Crippen LogP contribution < -0.4 is 5.32 Å². The lowest BCUT2D eigenvalue weighted by molar-refractivity contribution is 0.0536. The highest BCUT2D eigenvalue weighted by atomic mass is 16.3. The van der Waals surface area contributed by atoms with Crippen molar-refractivity contribution in [2.24, 2.45) is 5.92 Å². The summed E-state index contributed by atoms with van der Waals surface area (Å²) in [5.41, 5.74) is 0.986. The molecule has 3 N–H and O–H groups in total. The van der Waals surface area contributed by atoms with Gasteiger partial charge >= 0.3 is 0 Å². The SMILES string of the molecule is CNC(=O)c1ccc2cc(C(O)(CC(C)C)c3cnc[nH]3)ccc2c1.